The fourth-order valence-electron chi connectivity index (χ4n) is 10.3. The van der Waals surface area contributed by atoms with E-state index in [1.54, 1.807) is 36.5 Å². The predicted octanol–water partition coefficient (Wildman–Crippen LogP) is 55.9. The van der Waals surface area contributed by atoms with Crippen LogP contribution in [0.3, 0.4) is 0 Å². The van der Waals surface area contributed by atoms with Crippen LogP contribution in [0.4, 0.5) is 5.82 Å². The number of hydrogen-bond donors (Lipinski definition) is 2. The van der Waals surface area contributed by atoms with Crippen LogP contribution in [0.15, 0.2) is 70.2 Å². The topological polar surface area (TPSA) is 142 Å². The van der Waals surface area contributed by atoms with Crippen molar-refractivity contribution in [2.45, 2.75) is 48.6 Å². The molecule has 2 aliphatic rings. The Labute approximate surface area is 922 Å². The van der Waals surface area contributed by atoms with Gasteiger partial charge in [0, 0.05) is 43.6 Å². The molecule has 2 fully saturated rings. The van der Waals surface area contributed by atoms with Gasteiger partial charge in [0.25, 0.3) is 0 Å². The first-order valence-corrected chi connectivity index (χ1v) is 195. The van der Waals surface area contributed by atoms with E-state index >= 15 is 0 Å². The lowest BCUT2D eigenvalue weighted by Crippen LogP contribution is -2.28. The fraction of sp³-hybridized carbons (Fsp3) is 0.345. The van der Waals surface area contributed by atoms with Crippen LogP contribution in [-0.4, -0.2) is 54.8 Å². The minimum Gasteiger partial charge on any atom is -0.382 e. The molecule has 2 aromatic heterocycles. The number of nitrogen functional groups attached to an aromatic ring is 1. The fourth-order valence-corrected chi connectivity index (χ4v) is 1310. The molecule has 2 aliphatic heterocycles. The van der Waals surface area contributed by atoms with Crippen molar-refractivity contribution in [3.05, 3.63) is 66.4 Å². The molecule has 99 heteroatoms. The lowest BCUT2D eigenvalue weighted by Gasteiger charge is -2.63. The van der Waals surface area contributed by atoms with Crippen molar-refractivity contribution in [3.63, 3.8) is 0 Å². The molecule has 0 aliphatic carbocycles. The van der Waals surface area contributed by atoms with Crippen molar-refractivity contribution < 1.29 is 22.4 Å². The van der Waals surface area contributed by atoms with Crippen LogP contribution < -0.4 is 11.1 Å². The van der Waals surface area contributed by atoms with Gasteiger partial charge < -0.3 is 19.7 Å². The molecule has 3 N–H and O–H groups in total. The highest BCUT2D eigenvalue weighted by Gasteiger charge is 2.66. The highest BCUT2D eigenvalue weighted by atomic mass is 33.6. The van der Waals surface area contributed by atoms with Gasteiger partial charge in [-0.05, 0) is 344 Å². The molecule has 49 atom stereocenters. The van der Waals surface area contributed by atoms with Gasteiger partial charge in [-0.3, -0.25) is 5.32 Å². The van der Waals surface area contributed by atoms with E-state index in [-0.39, 0.29) is 236 Å². The second-order valence-corrected chi connectivity index (χ2v) is 392. The first kappa shape index (κ1) is 153. The number of hydrogen-bond acceptors (Lipinski definition) is 10. The van der Waals surface area contributed by atoms with Crippen molar-refractivity contribution in [3.8, 4) is 34.0 Å². The number of aromatic nitrogens is 3. The lowest BCUT2D eigenvalue weighted by molar-refractivity contribution is 0.0827. The van der Waals surface area contributed by atoms with Gasteiger partial charge in [0.1, 0.15) is 11.9 Å². The summed E-state index contributed by atoms with van der Waals surface area (Å²) in [5.74, 6) is 0.602. The molecule has 4 aromatic rings. The minimum absolute atomic E-state index is 0.128. The van der Waals surface area contributed by atoms with Gasteiger partial charge >= 0.3 is 0 Å². The Balaban J connectivity index is 0.000000591. The largest absolute Gasteiger partial charge is 0.382 e. The van der Waals surface area contributed by atoms with E-state index in [1.165, 1.54) is 0 Å². The maximum Gasteiger partial charge on any atom is 0.189 e. The molecule has 0 amide bonds. The van der Waals surface area contributed by atoms with Crippen LogP contribution in [0.25, 0.3) is 34.0 Å². The molecule has 2 saturated heterocycles. The highest BCUT2D eigenvalue weighted by Crippen LogP contribution is 3.53. The summed E-state index contributed by atoms with van der Waals surface area (Å²) in [5.41, 5.74) is 10.5. The van der Waals surface area contributed by atoms with Crippen molar-refractivity contribution in [2.24, 2.45) is 0 Å². The lowest BCUT2D eigenvalue weighted by atomic mass is 10.1. The molecule has 6 rings (SSSR count). The van der Waals surface area contributed by atoms with Crippen molar-refractivity contribution in [1.82, 2.24) is 20.4 Å². The summed E-state index contributed by atoms with van der Waals surface area (Å²) >= 11 is 0. The summed E-state index contributed by atoms with van der Waals surface area (Å²) in [7, 11) is 165. The third-order valence-electron chi connectivity index (χ3n) is 15.1. The Morgan fingerprint density at radius 1 is 0.336 bits per heavy atom. The van der Waals surface area contributed by atoms with E-state index in [1.807, 2.05) is 24.3 Å². The molecule has 738 valence electrons. The Bertz CT molecular complexity index is 3580. The normalized spacial score (nSPS) is 16.5. The molecule has 2 aromatic carbocycles. The van der Waals surface area contributed by atoms with E-state index in [9.17, 15) is 8.42 Å². The molecular formula is C29H121N5O5P88S. The first-order valence-electron chi connectivity index (χ1n) is 33.5. The summed E-state index contributed by atoms with van der Waals surface area (Å²) in [6.07, 6.45) is 4.83. The second-order valence-electron chi connectivity index (χ2n) is 24.1. The number of nitrogens with zero attached hydrogens (tertiary/aromatic N) is 3. The van der Waals surface area contributed by atoms with E-state index < -0.39 is 91.9 Å². The van der Waals surface area contributed by atoms with Gasteiger partial charge in [0.05, 0.1) is 22.0 Å². The molecular weight excluding hydrogens is 3260 g/mol. The zero-order valence-corrected chi connectivity index (χ0v) is 158. The standard InChI is InChI=1S/C29H31N5O5S.H90P88/c30-29-28(26-16-24(34-39-26)20-5-3-19(4-6-20)17-31-27-2-1-13-38-27)33-25(18-32-29)21-7-9-22(10-8-21)40(35,36)23-11-14-37-15-12-23;1-46(2)68(45)79(67(43)44)85(80(69(47(3)4)48(5)6)70(49(7)8)50(9)10)88(86(81(71(51(11)12)52(13)14)72(53(15)16)54(17)18)82(73(55(19)20)56(21)22)74(57(23)24)58(25)26)87(83(75(59(27)28)60(29)30)76(61(31)32)62(33)34)84(77(63(35)36)64(37)38)78(65(39)40)66(41)42/h3-10,16,18,23,27,31H,1-2,11-15,17H2,(H2,30,32);1-45H2/t27-;/m0./s1. The zero-order chi connectivity index (χ0) is 97.4. The Morgan fingerprint density at radius 3 is 0.883 bits per heavy atom. The quantitative estimate of drug-likeness (QED) is 0.0410. The monoisotopic (exact) mass is 3380 g/mol. The number of nitrogens with one attached hydrogen (secondary N) is 1. The van der Waals surface area contributed by atoms with E-state index in [0.29, 0.717) is 59.4 Å². The molecule has 0 saturated carbocycles. The average Bonchev–Trinajstić information content (AvgIpc) is 0.839. The van der Waals surface area contributed by atoms with Gasteiger partial charge in [0.2, 0.25) is 0 Å². The summed E-state index contributed by atoms with van der Waals surface area (Å²) in [6, 6.07) is 16.6. The van der Waals surface area contributed by atoms with Crippen molar-refractivity contribution in [1.29, 1.82) is 0 Å². The summed E-state index contributed by atoms with van der Waals surface area (Å²) < 4.78 is 42.6. The minimum atomic E-state index is -3.42. The number of sulfone groups is 1. The van der Waals surface area contributed by atoms with Crippen LogP contribution in [0.1, 0.15) is 31.2 Å². The third kappa shape index (κ3) is 48.9. The molecule has 10 nitrogen and oxygen atoms in total. The molecule has 128 heavy (non-hydrogen) atoms. The number of benzene rings is 2. The smallest absolute Gasteiger partial charge is 0.189 e. The van der Waals surface area contributed by atoms with Crippen LogP contribution in [0.2, 0.25) is 0 Å². The van der Waals surface area contributed by atoms with Crippen molar-refractivity contribution in [2.75, 3.05) is 25.6 Å². The van der Waals surface area contributed by atoms with Crippen molar-refractivity contribution >= 4 is 718 Å². The van der Waals surface area contributed by atoms with Gasteiger partial charge in [-0.1, -0.05) is 41.6 Å². The maximum atomic E-state index is 13.0. The summed E-state index contributed by atoms with van der Waals surface area (Å²) in [4.78, 5) is 9.26. The van der Waals surface area contributed by atoms with E-state index in [4.69, 9.17) is 19.7 Å². The van der Waals surface area contributed by atoms with Gasteiger partial charge in [-0.15, -0.1) is 402 Å². The Kier molecular flexibility index (Phi) is 95.5. The van der Waals surface area contributed by atoms with Crippen LogP contribution >= 0.6 is 702 Å². The first-order chi connectivity index (χ1) is 59.5. The maximum absolute atomic E-state index is 13.0. The third-order valence-corrected chi connectivity index (χ3v) is 641. The van der Waals surface area contributed by atoms with Gasteiger partial charge in [-0.2, -0.15) is 0 Å². The Morgan fingerprint density at radius 2 is 0.609 bits per heavy atom. The highest BCUT2D eigenvalue weighted by molar-refractivity contribution is 9.59. The number of rotatable bonds is 50. The van der Waals surface area contributed by atoms with Gasteiger partial charge in [0.15, 0.2) is 27.1 Å². The SMILES string of the molecule is Nc1ncc(-c2ccc(S(=O)(=O)C3CCOCC3)cc2)nc1-c1cc(-c2ccc(CN[C@@H]3CCCO3)cc2)no1.PP(P)P(P)P(P(P)P)P(P(P(P(P)P)P(P)P)P(P(P)P)P(P)P)P(P(P(P(P(P)P)P(P)P)P(P(P)P)P(P)P)P(P(P(P)P)P(P)P)P(P(P)P)P(P)P)P(P(P(P(P)P)P(P)P)P(P(P)P)P(P)P)P(P(P(P)P)P(P)P)P(P(P)P)P(P)P. The van der Waals surface area contributed by atoms with E-state index in [0.717, 1.165) is 37.1 Å². The molecule has 48 unspecified atom stereocenters. The van der Waals surface area contributed by atoms with E-state index in [2.05, 4.69) is 422 Å². The molecule has 0 bridgehead atoms. The average molecular weight is 3380 g/mol. The second kappa shape index (κ2) is 80.1. The van der Waals surface area contributed by atoms with Crippen LogP contribution in [0, 0.1) is 0 Å². The summed E-state index contributed by atoms with van der Waals surface area (Å²) in [6.45, 7) is -14.4. The number of anilines is 1. The predicted molar refractivity (Wildman–Crippen MR) is 884 cm³/mol. The summed E-state index contributed by atoms with van der Waals surface area (Å²) in [5, 5.41) is 7.21. The molecule has 4 heterocycles. The van der Waals surface area contributed by atoms with Crippen LogP contribution in [0.5, 0.6) is 0 Å². The number of ether oxygens (including phenoxy) is 2. The van der Waals surface area contributed by atoms with Gasteiger partial charge in [-0.25, -0.2) is 18.4 Å². The Hall–Kier alpha value is 34.2. The molecule has 0 radical (unpaired) electrons. The molecule has 0 spiro atoms. The zero-order valence-electron chi connectivity index (χ0n) is 67.2. The van der Waals surface area contributed by atoms with Crippen LogP contribution in [-0.2, 0) is 25.9 Å². The number of nitrogens with two attached hydrogens (primary N) is 1.